The van der Waals surface area contributed by atoms with Gasteiger partial charge in [-0.1, -0.05) is 13.8 Å². The third-order valence-corrected chi connectivity index (χ3v) is 6.80. The second-order valence-electron chi connectivity index (χ2n) is 6.52. The van der Waals surface area contributed by atoms with Crippen molar-refractivity contribution < 1.29 is 13.2 Å². The van der Waals surface area contributed by atoms with Crippen LogP contribution < -0.4 is 4.72 Å². The largest absolute Gasteiger partial charge is 0.339 e. The van der Waals surface area contributed by atoms with Gasteiger partial charge in [0.25, 0.3) is 5.91 Å². The Kier molecular flexibility index (Phi) is 6.33. The van der Waals surface area contributed by atoms with E-state index < -0.39 is 10.0 Å². The average Bonchev–Trinajstić information content (AvgIpc) is 3.07. The first-order chi connectivity index (χ1) is 11.3. The number of sulfonamides is 1. The van der Waals surface area contributed by atoms with Crippen molar-refractivity contribution in [3.63, 3.8) is 0 Å². The molecule has 2 rings (SSSR count). The number of nitrogens with one attached hydrogen (secondary N) is 1. The Balaban J connectivity index is 2.35. The molecule has 134 valence electrons. The van der Waals surface area contributed by atoms with Crippen LogP contribution in [-0.4, -0.2) is 44.6 Å². The lowest BCUT2D eigenvalue weighted by atomic mass is 10.1. The number of benzene rings is 1. The molecule has 0 aliphatic carbocycles. The van der Waals surface area contributed by atoms with Gasteiger partial charge in [-0.3, -0.25) is 4.79 Å². The predicted octanol–water partition coefficient (Wildman–Crippen LogP) is 2.97. The molecule has 1 aliphatic heterocycles. The van der Waals surface area contributed by atoms with Crippen molar-refractivity contribution in [1.82, 2.24) is 9.62 Å². The Bertz CT molecular complexity index is 696. The van der Waals surface area contributed by atoms with Gasteiger partial charge in [0.2, 0.25) is 10.0 Å². The van der Waals surface area contributed by atoms with E-state index in [0.29, 0.717) is 5.56 Å². The highest BCUT2D eigenvalue weighted by Crippen LogP contribution is 2.26. The van der Waals surface area contributed by atoms with Gasteiger partial charge in [0.1, 0.15) is 0 Å². The van der Waals surface area contributed by atoms with Crippen molar-refractivity contribution in [2.24, 2.45) is 5.92 Å². The fourth-order valence-electron chi connectivity index (χ4n) is 2.56. The Hall–Kier alpha value is -1.05. The van der Waals surface area contributed by atoms with Crippen LogP contribution in [0.2, 0.25) is 0 Å². The molecule has 1 fully saturated rings. The lowest BCUT2D eigenvalue weighted by Crippen LogP contribution is -2.36. The molecule has 0 bridgehead atoms. The SMILES string of the molecule is CSc1ccc(S(=O)(=O)NC(C)C(C)C)cc1C(=O)N1CCCC1. The van der Waals surface area contributed by atoms with Crippen molar-refractivity contribution in [3.8, 4) is 0 Å². The molecule has 7 heteroatoms. The highest BCUT2D eigenvalue weighted by Gasteiger charge is 2.25. The minimum atomic E-state index is -3.64. The highest BCUT2D eigenvalue weighted by atomic mass is 32.2. The number of thioether (sulfide) groups is 1. The van der Waals surface area contributed by atoms with E-state index in [-0.39, 0.29) is 22.8 Å². The van der Waals surface area contributed by atoms with Gasteiger partial charge in [0.05, 0.1) is 10.5 Å². The Morgan fingerprint density at radius 3 is 2.38 bits per heavy atom. The fraction of sp³-hybridized carbons (Fsp3) is 0.588. The van der Waals surface area contributed by atoms with Gasteiger partial charge in [-0.15, -0.1) is 11.8 Å². The molecule has 24 heavy (non-hydrogen) atoms. The first kappa shape index (κ1) is 19.3. The smallest absolute Gasteiger partial charge is 0.255 e. The third-order valence-electron chi connectivity index (χ3n) is 4.45. The van der Waals surface area contributed by atoms with Crippen LogP contribution >= 0.6 is 11.8 Å². The number of likely N-dealkylation sites (tertiary alicyclic amines) is 1. The van der Waals surface area contributed by atoms with E-state index in [1.54, 1.807) is 17.0 Å². The van der Waals surface area contributed by atoms with Crippen molar-refractivity contribution in [2.75, 3.05) is 19.3 Å². The highest BCUT2D eigenvalue weighted by molar-refractivity contribution is 7.98. The van der Waals surface area contributed by atoms with Crippen molar-refractivity contribution in [2.45, 2.75) is 49.4 Å². The summed E-state index contributed by atoms with van der Waals surface area (Å²) in [5, 5.41) is 0. The summed E-state index contributed by atoms with van der Waals surface area (Å²) in [6, 6.07) is 4.64. The molecule has 5 nitrogen and oxygen atoms in total. The third kappa shape index (κ3) is 4.32. The van der Waals surface area contributed by atoms with Gasteiger partial charge in [-0.25, -0.2) is 13.1 Å². The molecule has 0 saturated carbocycles. The maximum Gasteiger partial charge on any atom is 0.255 e. The number of hydrogen-bond acceptors (Lipinski definition) is 4. The van der Waals surface area contributed by atoms with Gasteiger partial charge in [-0.2, -0.15) is 0 Å². The summed E-state index contributed by atoms with van der Waals surface area (Å²) in [7, 11) is -3.64. The standard InChI is InChI=1S/C17H26N2O3S2/c1-12(2)13(3)18-24(21,22)14-7-8-16(23-4)15(11-14)17(20)19-9-5-6-10-19/h7-8,11-13,18H,5-6,9-10H2,1-4H3. The molecule has 1 saturated heterocycles. The van der Waals surface area contributed by atoms with Gasteiger partial charge in [0.15, 0.2) is 0 Å². The van der Waals surface area contributed by atoms with Crippen LogP contribution in [0.5, 0.6) is 0 Å². The van der Waals surface area contributed by atoms with Crippen LogP contribution in [0.3, 0.4) is 0 Å². The summed E-state index contributed by atoms with van der Waals surface area (Å²) in [5.74, 6) is 0.113. The van der Waals surface area contributed by atoms with E-state index in [9.17, 15) is 13.2 Å². The molecule has 1 heterocycles. The summed E-state index contributed by atoms with van der Waals surface area (Å²) in [6.07, 6.45) is 3.90. The van der Waals surface area contributed by atoms with Crippen LogP contribution in [-0.2, 0) is 10.0 Å². The van der Waals surface area contributed by atoms with Crippen molar-refractivity contribution in [1.29, 1.82) is 0 Å². The summed E-state index contributed by atoms with van der Waals surface area (Å²) in [5.41, 5.74) is 0.476. The molecule has 0 aromatic heterocycles. The molecule has 1 atom stereocenters. The summed E-state index contributed by atoms with van der Waals surface area (Å²) in [6.45, 7) is 7.26. The second-order valence-corrected chi connectivity index (χ2v) is 9.08. The zero-order valence-corrected chi connectivity index (χ0v) is 16.3. The summed E-state index contributed by atoms with van der Waals surface area (Å²) in [4.78, 5) is 15.5. The average molecular weight is 371 g/mol. The van der Waals surface area contributed by atoms with Crippen LogP contribution in [0.4, 0.5) is 0 Å². The lowest BCUT2D eigenvalue weighted by molar-refractivity contribution is 0.0789. The zero-order valence-electron chi connectivity index (χ0n) is 14.7. The van der Waals surface area contributed by atoms with E-state index in [4.69, 9.17) is 0 Å². The molecule has 1 aliphatic rings. The molecule has 1 amide bonds. The predicted molar refractivity (Wildman–Crippen MR) is 98.0 cm³/mol. The van der Waals surface area contributed by atoms with Crippen LogP contribution in [0.1, 0.15) is 44.0 Å². The zero-order chi connectivity index (χ0) is 17.9. The van der Waals surface area contributed by atoms with E-state index in [1.807, 2.05) is 27.0 Å². The Labute approximate surface area is 149 Å². The Morgan fingerprint density at radius 1 is 1.21 bits per heavy atom. The van der Waals surface area contributed by atoms with E-state index in [1.165, 1.54) is 17.8 Å². The van der Waals surface area contributed by atoms with Crippen LogP contribution in [0.15, 0.2) is 28.0 Å². The number of nitrogens with zero attached hydrogens (tertiary/aromatic N) is 1. The summed E-state index contributed by atoms with van der Waals surface area (Å²) >= 11 is 1.46. The molecule has 1 N–H and O–H groups in total. The van der Waals surface area contributed by atoms with Gasteiger partial charge >= 0.3 is 0 Å². The number of carbonyl (C=O) groups excluding carboxylic acids is 1. The quantitative estimate of drug-likeness (QED) is 0.782. The Morgan fingerprint density at radius 2 is 1.83 bits per heavy atom. The first-order valence-electron chi connectivity index (χ1n) is 8.26. The minimum Gasteiger partial charge on any atom is -0.339 e. The molecule has 1 unspecified atom stereocenters. The number of rotatable bonds is 6. The number of amides is 1. The van der Waals surface area contributed by atoms with Crippen molar-refractivity contribution in [3.05, 3.63) is 23.8 Å². The number of hydrogen-bond donors (Lipinski definition) is 1. The van der Waals surface area contributed by atoms with E-state index >= 15 is 0 Å². The van der Waals surface area contributed by atoms with Gasteiger partial charge < -0.3 is 4.90 Å². The van der Waals surface area contributed by atoms with Crippen molar-refractivity contribution >= 4 is 27.7 Å². The minimum absolute atomic E-state index is 0.0780. The van der Waals surface area contributed by atoms with Gasteiger partial charge in [-0.05, 0) is 50.1 Å². The molecular formula is C17H26N2O3S2. The fourth-order valence-corrected chi connectivity index (χ4v) is 4.55. The number of carbonyl (C=O) groups is 1. The van der Waals surface area contributed by atoms with Gasteiger partial charge in [0, 0.05) is 24.0 Å². The molecular weight excluding hydrogens is 344 g/mol. The molecule has 1 aromatic carbocycles. The second kappa shape index (κ2) is 7.89. The maximum absolute atomic E-state index is 12.7. The van der Waals surface area contributed by atoms with Crippen LogP contribution in [0, 0.1) is 5.92 Å². The van der Waals surface area contributed by atoms with E-state index in [2.05, 4.69) is 4.72 Å². The molecule has 1 aromatic rings. The lowest BCUT2D eigenvalue weighted by Gasteiger charge is -2.20. The van der Waals surface area contributed by atoms with E-state index in [0.717, 1.165) is 30.8 Å². The maximum atomic E-state index is 12.7. The first-order valence-corrected chi connectivity index (χ1v) is 11.0. The monoisotopic (exact) mass is 370 g/mol. The summed E-state index contributed by atoms with van der Waals surface area (Å²) < 4.78 is 27.9. The van der Waals surface area contributed by atoms with Crippen LogP contribution in [0.25, 0.3) is 0 Å². The topological polar surface area (TPSA) is 66.5 Å². The molecule has 0 radical (unpaired) electrons. The molecule has 0 spiro atoms. The normalized spacial score (nSPS) is 16.6.